The number of oxazole rings is 1. The molecule has 2 heterocycles. The van der Waals surface area contributed by atoms with Crippen LogP contribution in [0.4, 0.5) is 0 Å². The van der Waals surface area contributed by atoms with Gasteiger partial charge in [0, 0.05) is 11.6 Å². The Bertz CT molecular complexity index is 347. The molecule has 6 heteroatoms. The number of nitrogens with zero attached hydrogens (tertiary/aromatic N) is 1. The Labute approximate surface area is 92.0 Å². The van der Waals surface area contributed by atoms with Crippen LogP contribution in [0.2, 0.25) is 0 Å². The highest BCUT2D eigenvalue weighted by Gasteiger charge is 2.22. The van der Waals surface area contributed by atoms with E-state index < -0.39 is 0 Å². The van der Waals surface area contributed by atoms with E-state index in [0.29, 0.717) is 12.3 Å². The average molecular weight is 227 g/mol. The molecule has 1 amide bonds. The number of aromatic nitrogens is 1. The van der Waals surface area contributed by atoms with Crippen LogP contribution in [0.1, 0.15) is 11.5 Å². The minimum atomic E-state index is -0.0711. The van der Waals surface area contributed by atoms with Gasteiger partial charge in [-0.25, -0.2) is 4.98 Å². The fourth-order valence-electron chi connectivity index (χ4n) is 1.35. The number of carbonyl (C=O) groups is 1. The Kier molecular flexibility index (Phi) is 3.27. The van der Waals surface area contributed by atoms with E-state index in [1.54, 1.807) is 11.8 Å². The van der Waals surface area contributed by atoms with Gasteiger partial charge in [0.25, 0.3) is 0 Å². The van der Waals surface area contributed by atoms with Gasteiger partial charge >= 0.3 is 0 Å². The van der Waals surface area contributed by atoms with E-state index >= 15 is 0 Å². The fraction of sp³-hybridized carbons (Fsp3) is 0.556. The van der Waals surface area contributed by atoms with Crippen LogP contribution in [0.5, 0.6) is 0 Å². The lowest BCUT2D eigenvalue weighted by Gasteiger charge is -2.09. The van der Waals surface area contributed by atoms with Crippen molar-refractivity contribution in [1.29, 1.82) is 0 Å². The van der Waals surface area contributed by atoms with Crippen molar-refractivity contribution < 1.29 is 9.21 Å². The van der Waals surface area contributed by atoms with Gasteiger partial charge in [-0.3, -0.25) is 10.1 Å². The topological polar surface area (TPSA) is 67.2 Å². The molecule has 0 aliphatic carbocycles. The van der Waals surface area contributed by atoms with Crippen LogP contribution in [0.25, 0.3) is 0 Å². The molecule has 1 fully saturated rings. The summed E-state index contributed by atoms with van der Waals surface area (Å²) in [5, 5.41) is 5.93. The normalized spacial score (nSPS) is 20.5. The number of hydrogen-bond acceptors (Lipinski definition) is 5. The van der Waals surface area contributed by atoms with Crippen LogP contribution in [-0.2, 0) is 11.3 Å². The van der Waals surface area contributed by atoms with E-state index in [1.165, 1.54) is 6.39 Å². The lowest BCUT2D eigenvalue weighted by atomic mass is 10.3. The highest BCUT2D eigenvalue weighted by atomic mass is 32.2. The predicted molar refractivity (Wildman–Crippen MR) is 57.3 cm³/mol. The van der Waals surface area contributed by atoms with E-state index in [0.717, 1.165) is 17.3 Å². The molecule has 1 atom stereocenters. The Hall–Kier alpha value is -1.01. The third-order valence-corrected chi connectivity index (χ3v) is 3.24. The Morgan fingerprint density at radius 3 is 3.33 bits per heavy atom. The van der Waals surface area contributed by atoms with E-state index in [4.69, 9.17) is 4.42 Å². The smallest absolute Gasteiger partial charge is 0.238 e. The summed E-state index contributed by atoms with van der Waals surface area (Å²) in [6.07, 6.45) is 1.39. The largest absolute Gasteiger partial charge is 0.446 e. The maximum absolute atomic E-state index is 11.6. The Morgan fingerprint density at radius 2 is 2.73 bits per heavy atom. The summed E-state index contributed by atoms with van der Waals surface area (Å²) in [6, 6.07) is -0.0711. The number of carbonyl (C=O) groups excluding carboxylic acids is 1. The monoisotopic (exact) mass is 227 g/mol. The van der Waals surface area contributed by atoms with Crippen molar-refractivity contribution in [2.24, 2.45) is 0 Å². The number of aryl methyl sites for hydroxylation is 1. The van der Waals surface area contributed by atoms with E-state index in [9.17, 15) is 4.79 Å². The Balaban J connectivity index is 1.83. The van der Waals surface area contributed by atoms with Gasteiger partial charge in [0.1, 0.15) is 5.76 Å². The molecule has 15 heavy (non-hydrogen) atoms. The lowest BCUT2D eigenvalue weighted by molar-refractivity contribution is -0.122. The molecule has 1 aliphatic heterocycles. The minimum absolute atomic E-state index is 0.0239. The highest BCUT2D eigenvalue weighted by molar-refractivity contribution is 7.99. The van der Waals surface area contributed by atoms with Crippen molar-refractivity contribution >= 4 is 17.7 Å². The first kappa shape index (κ1) is 10.5. The first-order valence-electron chi connectivity index (χ1n) is 4.75. The van der Waals surface area contributed by atoms with Crippen LogP contribution in [0.15, 0.2) is 10.8 Å². The van der Waals surface area contributed by atoms with Gasteiger partial charge in [0.05, 0.1) is 18.3 Å². The molecule has 0 saturated carbocycles. The zero-order chi connectivity index (χ0) is 10.7. The van der Waals surface area contributed by atoms with E-state index in [-0.39, 0.29) is 11.9 Å². The van der Waals surface area contributed by atoms with Crippen molar-refractivity contribution in [3.63, 3.8) is 0 Å². The average Bonchev–Trinajstić information content (AvgIpc) is 2.85. The van der Waals surface area contributed by atoms with Crippen molar-refractivity contribution in [2.45, 2.75) is 19.5 Å². The van der Waals surface area contributed by atoms with Gasteiger partial charge in [0.2, 0.25) is 5.91 Å². The zero-order valence-corrected chi connectivity index (χ0v) is 9.26. The summed E-state index contributed by atoms with van der Waals surface area (Å²) in [5.74, 6) is 2.42. The maximum Gasteiger partial charge on any atom is 0.238 e. The van der Waals surface area contributed by atoms with Crippen molar-refractivity contribution in [2.75, 3.05) is 11.6 Å². The third-order valence-electron chi connectivity index (χ3n) is 2.30. The van der Waals surface area contributed by atoms with Crippen molar-refractivity contribution in [3.05, 3.63) is 17.8 Å². The zero-order valence-electron chi connectivity index (χ0n) is 8.45. The van der Waals surface area contributed by atoms with Gasteiger partial charge in [0.15, 0.2) is 6.39 Å². The molecule has 5 nitrogen and oxygen atoms in total. The first-order chi connectivity index (χ1) is 7.27. The first-order valence-corrected chi connectivity index (χ1v) is 5.90. The molecule has 0 aromatic carbocycles. The summed E-state index contributed by atoms with van der Waals surface area (Å²) in [4.78, 5) is 15.6. The molecule has 1 aromatic rings. The summed E-state index contributed by atoms with van der Waals surface area (Å²) in [6.45, 7) is 2.27. The summed E-state index contributed by atoms with van der Waals surface area (Å²) >= 11 is 1.73. The van der Waals surface area contributed by atoms with Gasteiger partial charge in [-0.15, -0.1) is 11.8 Å². The second-order valence-corrected chi connectivity index (χ2v) is 4.38. The molecule has 82 valence electrons. The molecule has 1 aromatic heterocycles. The third kappa shape index (κ3) is 2.51. The Morgan fingerprint density at radius 1 is 1.87 bits per heavy atom. The van der Waals surface area contributed by atoms with Crippen LogP contribution in [0.3, 0.4) is 0 Å². The van der Waals surface area contributed by atoms with Gasteiger partial charge < -0.3 is 9.73 Å². The molecule has 0 bridgehead atoms. The molecule has 2 N–H and O–H groups in total. The fourth-order valence-corrected chi connectivity index (χ4v) is 2.29. The van der Waals surface area contributed by atoms with E-state index in [1.807, 2.05) is 6.92 Å². The van der Waals surface area contributed by atoms with Gasteiger partial charge in [-0.1, -0.05) is 0 Å². The quantitative estimate of drug-likeness (QED) is 0.775. The van der Waals surface area contributed by atoms with Gasteiger partial charge in [-0.2, -0.15) is 0 Å². The van der Waals surface area contributed by atoms with Crippen LogP contribution in [0, 0.1) is 6.92 Å². The molecule has 1 unspecified atom stereocenters. The minimum Gasteiger partial charge on any atom is -0.446 e. The van der Waals surface area contributed by atoms with Crippen molar-refractivity contribution in [3.8, 4) is 0 Å². The number of nitrogens with one attached hydrogen (secondary N) is 2. The predicted octanol–water partition coefficient (Wildman–Crippen LogP) is 0.262. The number of hydrogen-bond donors (Lipinski definition) is 2. The van der Waals surface area contributed by atoms with Crippen LogP contribution in [-0.4, -0.2) is 28.6 Å². The molecular weight excluding hydrogens is 214 g/mol. The highest BCUT2D eigenvalue weighted by Crippen LogP contribution is 2.10. The number of rotatable bonds is 3. The van der Waals surface area contributed by atoms with E-state index in [2.05, 4.69) is 15.6 Å². The van der Waals surface area contributed by atoms with Crippen LogP contribution < -0.4 is 10.6 Å². The number of amides is 1. The summed E-state index contributed by atoms with van der Waals surface area (Å²) < 4.78 is 5.13. The number of thioether (sulfide) groups is 1. The second-order valence-electron chi connectivity index (χ2n) is 3.35. The van der Waals surface area contributed by atoms with Gasteiger partial charge in [-0.05, 0) is 6.92 Å². The summed E-state index contributed by atoms with van der Waals surface area (Å²) in [7, 11) is 0. The SMILES string of the molecule is Cc1ncoc1CNC(=O)C1CSCN1. The van der Waals surface area contributed by atoms with Crippen LogP contribution >= 0.6 is 11.8 Å². The molecule has 1 aliphatic rings. The molecule has 2 rings (SSSR count). The maximum atomic E-state index is 11.6. The molecule has 1 saturated heterocycles. The van der Waals surface area contributed by atoms with Crippen molar-refractivity contribution in [1.82, 2.24) is 15.6 Å². The standard InChI is InChI=1S/C9H13N3O2S/c1-6-8(14-4-11-6)2-10-9(13)7-3-15-5-12-7/h4,7,12H,2-3,5H2,1H3,(H,10,13). The molecular formula is C9H13N3O2S. The molecule has 0 spiro atoms. The summed E-state index contributed by atoms with van der Waals surface area (Å²) in [5.41, 5.74) is 0.823. The molecule has 0 radical (unpaired) electrons. The lowest BCUT2D eigenvalue weighted by Crippen LogP contribution is -2.41. The second kappa shape index (κ2) is 4.67.